The summed E-state index contributed by atoms with van der Waals surface area (Å²) in [6.45, 7) is 4.43. The van der Waals surface area contributed by atoms with Gasteiger partial charge in [-0.2, -0.15) is 5.10 Å². The van der Waals surface area contributed by atoms with Gasteiger partial charge < -0.3 is 24.1 Å². The van der Waals surface area contributed by atoms with Crippen molar-refractivity contribution in [3.63, 3.8) is 0 Å². The first kappa shape index (κ1) is 23.9. The summed E-state index contributed by atoms with van der Waals surface area (Å²) in [6.07, 6.45) is 1.60. The minimum absolute atomic E-state index is 0.0147. The molecule has 0 unspecified atom stereocenters. The van der Waals surface area contributed by atoms with Crippen LogP contribution >= 0.6 is 0 Å². The topological polar surface area (TPSA) is 81.8 Å². The van der Waals surface area contributed by atoms with Crippen LogP contribution < -0.4 is 14.8 Å². The van der Waals surface area contributed by atoms with Crippen LogP contribution in [0.3, 0.4) is 0 Å². The number of carbonyl (C=O) groups is 1. The van der Waals surface area contributed by atoms with Crippen LogP contribution in [0.5, 0.6) is 17.4 Å². The largest absolute Gasteiger partial charge is 0.497 e. The lowest BCUT2D eigenvalue weighted by Crippen LogP contribution is -2.42. The number of nitrogens with zero attached hydrogens (tertiary/aromatic N) is 3. The van der Waals surface area contributed by atoms with Crippen molar-refractivity contribution in [3.05, 3.63) is 84.3 Å². The Morgan fingerprint density at radius 2 is 1.74 bits per heavy atom. The van der Waals surface area contributed by atoms with Gasteiger partial charge >= 0.3 is 6.03 Å². The summed E-state index contributed by atoms with van der Waals surface area (Å²) in [4.78, 5) is 14.9. The van der Waals surface area contributed by atoms with E-state index in [0.29, 0.717) is 23.9 Å². The lowest BCUT2D eigenvalue weighted by molar-refractivity contribution is 0.184. The van der Waals surface area contributed by atoms with Gasteiger partial charge in [0.1, 0.15) is 23.0 Å². The van der Waals surface area contributed by atoms with Crippen LogP contribution in [0.1, 0.15) is 25.2 Å². The van der Waals surface area contributed by atoms with Gasteiger partial charge in [-0.1, -0.05) is 30.3 Å². The molecule has 0 saturated heterocycles. The lowest BCUT2D eigenvalue weighted by atomic mass is 10.1. The number of aromatic nitrogens is 2. The number of ether oxygens (including phenoxy) is 2. The first-order chi connectivity index (χ1) is 16.9. The Morgan fingerprint density at radius 1 is 1.03 bits per heavy atom. The summed E-state index contributed by atoms with van der Waals surface area (Å²) in [6, 6.07) is 20.7. The number of urea groups is 1. The molecule has 8 nitrogen and oxygen atoms in total. The van der Waals surface area contributed by atoms with E-state index in [2.05, 4.69) is 5.32 Å². The summed E-state index contributed by atoms with van der Waals surface area (Å²) >= 11 is 0. The van der Waals surface area contributed by atoms with Gasteiger partial charge in [0.2, 0.25) is 5.88 Å². The summed E-state index contributed by atoms with van der Waals surface area (Å²) in [5, 5.41) is 7.75. The van der Waals surface area contributed by atoms with Crippen molar-refractivity contribution in [2.45, 2.75) is 33.0 Å². The zero-order valence-electron chi connectivity index (χ0n) is 20.4. The molecule has 0 atom stereocenters. The fourth-order valence-electron chi connectivity index (χ4n) is 3.73. The molecule has 2 heterocycles. The van der Waals surface area contributed by atoms with E-state index in [4.69, 9.17) is 19.0 Å². The fourth-order valence-corrected chi connectivity index (χ4v) is 3.73. The Bertz CT molecular complexity index is 1230. The number of hydrogen-bond donors (Lipinski definition) is 1. The van der Waals surface area contributed by atoms with Gasteiger partial charge in [0, 0.05) is 18.7 Å². The third-order valence-electron chi connectivity index (χ3n) is 5.38. The Morgan fingerprint density at radius 3 is 2.37 bits per heavy atom. The maximum absolute atomic E-state index is 13.2. The molecule has 4 rings (SSSR count). The van der Waals surface area contributed by atoms with Gasteiger partial charge in [-0.25, -0.2) is 9.48 Å². The van der Waals surface area contributed by atoms with E-state index in [-0.39, 0.29) is 18.6 Å². The lowest BCUT2D eigenvalue weighted by Gasteiger charge is -2.24. The molecule has 35 heavy (non-hydrogen) atoms. The highest BCUT2D eigenvalue weighted by atomic mass is 16.5. The molecule has 0 bridgehead atoms. The van der Waals surface area contributed by atoms with Crippen LogP contribution in [0.25, 0.3) is 11.3 Å². The highest BCUT2D eigenvalue weighted by molar-refractivity contribution is 5.75. The highest BCUT2D eigenvalue weighted by Gasteiger charge is 2.25. The maximum Gasteiger partial charge on any atom is 0.318 e. The molecule has 0 aliphatic heterocycles. The molecule has 0 aliphatic rings. The molecule has 0 saturated carbocycles. The van der Waals surface area contributed by atoms with Crippen LogP contribution in [0.4, 0.5) is 4.79 Å². The number of rotatable bonds is 9. The highest BCUT2D eigenvalue weighted by Crippen LogP contribution is 2.35. The number of furan rings is 1. The molecule has 2 amide bonds. The maximum atomic E-state index is 13.2. The molecular weight excluding hydrogens is 444 g/mol. The van der Waals surface area contributed by atoms with Gasteiger partial charge in [-0.05, 0) is 50.2 Å². The molecule has 2 aromatic carbocycles. The van der Waals surface area contributed by atoms with Gasteiger partial charge in [0.05, 0.1) is 32.0 Å². The van der Waals surface area contributed by atoms with Gasteiger partial charge in [-0.15, -0.1) is 0 Å². The predicted octanol–water partition coefficient (Wildman–Crippen LogP) is 5.60. The van der Waals surface area contributed by atoms with Crippen molar-refractivity contribution in [3.8, 4) is 28.6 Å². The molecule has 0 aliphatic carbocycles. The Hall–Kier alpha value is -4.20. The first-order valence-corrected chi connectivity index (χ1v) is 11.5. The zero-order valence-corrected chi connectivity index (χ0v) is 20.4. The van der Waals surface area contributed by atoms with Crippen molar-refractivity contribution >= 4 is 6.03 Å². The number of nitrogens with one attached hydrogen (secondary N) is 1. The second-order valence-electron chi connectivity index (χ2n) is 8.44. The minimum Gasteiger partial charge on any atom is -0.497 e. The van der Waals surface area contributed by atoms with Gasteiger partial charge in [-0.3, -0.25) is 0 Å². The van der Waals surface area contributed by atoms with Crippen LogP contribution in [-0.2, 0) is 20.1 Å². The zero-order chi connectivity index (χ0) is 24.8. The number of benzene rings is 2. The normalized spacial score (nSPS) is 10.9. The molecule has 2 aromatic heterocycles. The van der Waals surface area contributed by atoms with E-state index >= 15 is 0 Å². The smallest absolute Gasteiger partial charge is 0.318 e. The van der Waals surface area contributed by atoms with Crippen LogP contribution in [0, 0.1) is 0 Å². The Labute approximate surface area is 205 Å². The summed E-state index contributed by atoms with van der Waals surface area (Å²) in [7, 11) is 3.46. The second kappa shape index (κ2) is 10.8. The quantitative estimate of drug-likeness (QED) is 0.341. The molecule has 4 aromatic rings. The SMILES string of the molecule is COc1ccc(Oc2c(CN(Cc3ccco3)C(=O)NC(C)C)c(-c3ccccc3)nn2C)cc1. The van der Waals surface area contributed by atoms with Crippen molar-refractivity contribution in [1.29, 1.82) is 0 Å². The van der Waals surface area contributed by atoms with Crippen molar-refractivity contribution in [1.82, 2.24) is 20.0 Å². The first-order valence-electron chi connectivity index (χ1n) is 11.5. The predicted molar refractivity (Wildman–Crippen MR) is 133 cm³/mol. The summed E-state index contributed by atoms with van der Waals surface area (Å²) in [5.74, 6) is 2.61. The number of amides is 2. The Balaban J connectivity index is 1.74. The van der Waals surface area contributed by atoms with E-state index in [0.717, 1.165) is 22.6 Å². The van der Waals surface area contributed by atoms with Crippen molar-refractivity contribution in [2.24, 2.45) is 7.05 Å². The average Bonchev–Trinajstić information content (AvgIpc) is 3.48. The van der Waals surface area contributed by atoms with Crippen LogP contribution in [0.15, 0.2) is 77.4 Å². The van der Waals surface area contributed by atoms with E-state index in [9.17, 15) is 4.79 Å². The molecule has 8 heteroatoms. The van der Waals surface area contributed by atoms with E-state index in [1.807, 2.05) is 87.6 Å². The van der Waals surface area contributed by atoms with E-state index in [1.54, 1.807) is 23.0 Å². The Kier molecular flexibility index (Phi) is 7.40. The number of carbonyl (C=O) groups excluding carboxylic acids is 1. The van der Waals surface area contributed by atoms with Crippen LogP contribution in [0.2, 0.25) is 0 Å². The van der Waals surface area contributed by atoms with E-state index < -0.39 is 0 Å². The number of aryl methyl sites for hydroxylation is 1. The molecule has 0 radical (unpaired) electrons. The second-order valence-corrected chi connectivity index (χ2v) is 8.44. The third-order valence-corrected chi connectivity index (χ3v) is 5.38. The van der Waals surface area contributed by atoms with Gasteiger partial charge in [0.25, 0.3) is 0 Å². The monoisotopic (exact) mass is 474 g/mol. The fraction of sp³-hybridized carbons (Fsp3) is 0.259. The van der Waals surface area contributed by atoms with Crippen molar-refractivity contribution < 1.29 is 18.7 Å². The van der Waals surface area contributed by atoms with E-state index in [1.165, 1.54) is 0 Å². The minimum atomic E-state index is -0.199. The molecule has 0 fully saturated rings. The third kappa shape index (κ3) is 5.84. The number of methoxy groups -OCH3 is 1. The van der Waals surface area contributed by atoms with Crippen molar-refractivity contribution in [2.75, 3.05) is 7.11 Å². The number of hydrogen-bond acceptors (Lipinski definition) is 5. The molecule has 1 N–H and O–H groups in total. The average molecular weight is 475 g/mol. The standard InChI is InChI=1S/C27H30N4O4/c1-19(2)28-27(32)31(17-23-11-8-16-34-23)18-24-25(20-9-6-5-7-10-20)29-30(3)26(24)35-22-14-12-21(33-4)13-15-22/h5-16,19H,17-18H2,1-4H3,(H,28,32). The molecule has 182 valence electrons. The van der Waals surface area contributed by atoms with Gasteiger partial charge in [0.15, 0.2) is 0 Å². The van der Waals surface area contributed by atoms with Crippen LogP contribution in [-0.4, -0.2) is 33.9 Å². The summed E-state index contributed by atoms with van der Waals surface area (Å²) < 4.78 is 18.8. The summed E-state index contributed by atoms with van der Waals surface area (Å²) in [5.41, 5.74) is 2.48. The molecule has 0 spiro atoms. The molecular formula is C27H30N4O4.